The van der Waals surface area contributed by atoms with Crippen molar-refractivity contribution in [3.05, 3.63) is 0 Å². The zero-order valence-electron chi connectivity index (χ0n) is 13.5. The molecule has 0 N–H and O–H groups in total. The number of unbranched alkanes of at least 4 members (excludes halogenated alkanes) is 2. The van der Waals surface area contributed by atoms with Crippen molar-refractivity contribution >= 4 is 18.9 Å². The summed E-state index contributed by atoms with van der Waals surface area (Å²) in [5, 5.41) is 0. The van der Waals surface area contributed by atoms with E-state index in [4.69, 9.17) is 0 Å². The Morgan fingerprint density at radius 2 is 1.22 bits per heavy atom. The van der Waals surface area contributed by atoms with Gasteiger partial charge in [0.1, 0.15) is 0 Å². The van der Waals surface area contributed by atoms with Crippen LogP contribution in [0.1, 0.15) is 67.2 Å². The van der Waals surface area contributed by atoms with E-state index < -0.39 is 18.9 Å². The molecular formula is C15H34N2Sn. The third kappa shape index (κ3) is 3.43. The van der Waals surface area contributed by atoms with Crippen molar-refractivity contribution < 1.29 is 0 Å². The molecule has 1 aliphatic rings. The van der Waals surface area contributed by atoms with E-state index >= 15 is 0 Å². The van der Waals surface area contributed by atoms with E-state index in [0.29, 0.717) is 0 Å². The molecule has 0 saturated carbocycles. The fourth-order valence-corrected chi connectivity index (χ4v) is 20.8. The van der Waals surface area contributed by atoms with E-state index in [1.165, 1.54) is 32.4 Å². The Kier molecular flexibility index (Phi) is 6.98. The van der Waals surface area contributed by atoms with E-state index in [1.54, 1.807) is 8.87 Å². The van der Waals surface area contributed by atoms with E-state index in [1.807, 2.05) is 0 Å². The molecule has 0 radical (unpaired) electrons. The number of rotatable bonds is 8. The predicted octanol–water partition coefficient (Wildman–Crippen LogP) is 4.42. The summed E-state index contributed by atoms with van der Waals surface area (Å²) in [4.78, 5) is 0. The van der Waals surface area contributed by atoms with E-state index in [9.17, 15) is 0 Å². The van der Waals surface area contributed by atoms with Crippen LogP contribution in [-0.2, 0) is 0 Å². The second kappa shape index (κ2) is 7.49. The van der Waals surface area contributed by atoms with Gasteiger partial charge in [0.25, 0.3) is 0 Å². The summed E-state index contributed by atoms with van der Waals surface area (Å²) >= 11 is -2.16. The van der Waals surface area contributed by atoms with Crippen LogP contribution in [0.4, 0.5) is 0 Å². The summed E-state index contributed by atoms with van der Waals surface area (Å²) in [5.74, 6) is 0. The summed E-state index contributed by atoms with van der Waals surface area (Å²) in [6, 6.07) is 1.54. The third-order valence-electron chi connectivity index (χ3n) is 4.48. The Balaban J connectivity index is 2.83. The standard InChI is InChI=1S/C7H16N2.2C4H9.Sn/c1-6(2)8-5-9-7(3)4;2*1-3-4-2;/h6-7H,5H2,1-4H3;2*1,3-4H2,2H3;/q-2;;;+2. The first kappa shape index (κ1) is 16.8. The molecule has 0 aliphatic carbocycles. The van der Waals surface area contributed by atoms with Gasteiger partial charge in [-0.25, -0.2) is 0 Å². The number of nitrogens with zero attached hydrogens (tertiary/aromatic N) is 2. The second-order valence-electron chi connectivity index (χ2n) is 6.46. The topological polar surface area (TPSA) is 6.48 Å². The molecule has 0 atom stereocenters. The Morgan fingerprint density at radius 1 is 0.833 bits per heavy atom. The molecule has 1 aliphatic heterocycles. The van der Waals surface area contributed by atoms with Crippen molar-refractivity contribution in [2.45, 2.75) is 88.2 Å². The van der Waals surface area contributed by atoms with Crippen LogP contribution in [0.25, 0.3) is 0 Å². The van der Waals surface area contributed by atoms with Crippen LogP contribution >= 0.6 is 0 Å². The Labute approximate surface area is 120 Å². The molecule has 0 aromatic heterocycles. The van der Waals surface area contributed by atoms with Crippen molar-refractivity contribution in [2.75, 3.05) is 6.67 Å². The van der Waals surface area contributed by atoms with Gasteiger partial charge in [-0.05, 0) is 0 Å². The Hall–Kier alpha value is 0.719. The van der Waals surface area contributed by atoms with E-state index in [0.717, 1.165) is 12.1 Å². The molecule has 2 nitrogen and oxygen atoms in total. The first-order valence-corrected chi connectivity index (χ1v) is 14.6. The molecule has 3 heteroatoms. The van der Waals surface area contributed by atoms with Crippen LogP contribution in [-0.4, -0.2) is 43.9 Å². The molecule has 18 heavy (non-hydrogen) atoms. The van der Waals surface area contributed by atoms with Crippen molar-refractivity contribution in [2.24, 2.45) is 0 Å². The average molecular weight is 361 g/mol. The summed E-state index contributed by atoms with van der Waals surface area (Å²) in [6.07, 6.45) is 5.63. The van der Waals surface area contributed by atoms with Crippen LogP contribution in [0, 0.1) is 0 Å². The SMILES string of the molecule is CCC[CH2][Sn]1([CH2]CCC)[N](C(C)C)C[N]1C(C)C. The van der Waals surface area contributed by atoms with Gasteiger partial charge in [-0.1, -0.05) is 0 Å². The van der Waals surface area contributed by atoms with Gasteiger partial charge < -0.3 is 0 Å². The molecule has 0 unspecified atom stereocenters. The van der Waals surface area contributed by atoms with Crippen LogP contribution in [0.5, 0.6) is 0 Å². The van der Waals surface area contributed by atoms with Gasteiger partial charge in [-0.3, -0.25) is 0 Å². The summed E-state index contributed by atoms with van der Waals surface area (Å²) in [6.45, 7) is 15.6. The van der Waals surface area contributed by atoms with Crippen LogP contribution in [0.15, 0.2) is 0 Å². The summed E-state index contributed by atoms with van der Waals surface area (Å²) < 4.78 is 9.00. The van der Waals surface area contributed by atoms with E-state index in [-0.39, 0.29) is 0 Å². The Bertz CT molecular complexity index is 217. The van der Waals surface area contributed by atoms with Gasteiger partial charge in [0.05, 0.1) is 0 Å². The maximum atomic E-state index is 2.94. The molecule has 1 rings (SSSR count). The maximum absolute atomic E-state index is 2.94. The second-order valence-corrected chi connectivity index (χ2v) is 18.2. The minimum absolute atomic E-state index is 0.768. The molecule has 0 amide bonds. The van der Waals surface area contributed by atoms with Gasteiger partial charge in [0, 0.05) is 0 Å². The zero-order valence-corrected chi connectivity index (χ0v) is 16.4. The Morgan fingerprint density at radius 3 is 1.50 bits per heavy atom. The fraction of sp³-hybridized carbons (Fsp3) is 1.00. The molecule has 0 aromatic rings. The number of hydrogen-bond donors (Lipinski definition) is 0. The molecule has 0 aromatic carbocycles. The molecule has 0 spiro atoms. The van der Waals surface area contributed by atoms with Gasteiger partial charge in [-0.2, -0.15) is 0 Å². The first-order chi connectivity index (χ1) is 8.49. The van der Waals surface area contributed by atoms with Gasteiger partial charge in [0.15, 0.2) is 0 Å². The van der Waals surface area contributed by atoms with Gasteiger partial charge >= 0.3 is 120 Å². The van der Waals surface area contributed by atoms with Gasteiger partial charge in [0.2, 0.25) is 0 Å². The summed E-state index contributed by atoms with van der Waals surface area (Å²) in [5.41, 5.74) is 0. The third-order valence-corrected chi connectivity index (χ3v) is 20.9. The van der Waals surface area contributed by atoms with E-state index in [2.05, 4.69) is 47.8 Å². The quantitative estimate of drug-likeness (QED) is 0.591. The average Bonchev–Trinajstić information content (AvgIpc) is 2.27. The monoisotopic (exact) mass is 362 g/mol. The molecule has 1 fully saturated rings. The van der Waals surface area contributed by atoms with Gasteiger partial charge in [-0.15, -0.1) is 0 Å². The molecule has 0 bridgehead atoms. The van der Waals surface area contributed by atoms with Crippen molar-refractivity contribution in [1.29, 1.82) is 0 Å². The van der Waals surface area contributed by atoms with Crippen molar-refractivity contribution in [1.82, 2.24) is 6.24 Å². The molecule has 1 heterocycles. The molecule has 1 saturated heterocycles. The summed E-state index contributed by atoms with van der Waals surface area (Å²) in [7, 11) is 0. The van der Waals surface area contributed by atoms with Crippen molar-refractivity contribution in [3.63, 3.8) is 0 Å². The molecule has 108 valence electrons. The van der Waals surface area contributed by atoms with Crippen molar-refractivity contribution in [3.8, 4) is 0 Å². The van der Waals surface area contributed by atoms with Crippen LogP contribution in [0.3, 0.4) is 0 Å². The zero-order chi connectivity index (χ0) is 13.8. The predicted molar refractivity (Wildman–Crippen MR) is 84.0 cm³/mol. The van der Waals surface area contributed by atoms with Crippen LogP contribution in [0.2, 0.25) is 8.87 Å². The van der Waals surface area contributed by atoms with Crippen LogP contribution < -0.4 is 0 Å². The first-order valence-electron chi connectivity index (χ1n) is 8.03. The number of hydrogen-bond acceptors (Lipinski definition) is 2. The molecular weight excluding hydrogens is 327 g/mol. The minimum atomic E-state index is -2.16. The fourth-order valence-electron chi connectivity index (χ4n) is 3.42. The normalized spacial score (nSPS) is 20.7.